The molecule has 1 amide bonds. The summed E-state index contributed by atoms with van der Waals surface area (Å²) in [6, 6.07) is 3.58. The Balaban J connectivity index is 1.91. The molecule has 1 N–H and O–H groups in total. The number of nitrogens with zero attached hydrogens (tertiary/aromatic N) is 3. The number of amides is 1. The van der Waals surface area contributed by atoms with Crippen molar-refractivity contribution in [3.05, 3.63) is 47.4 Å². The third-order valence-corrected chi connectivity index (χ3v) is 3.18. The van der Waals surface area contributed by atoms with Gasteiger partial charge in [0.1, 0.15) is 5.65 Å². The third kappa shape index (κ3) is 1.98. The Kier molecular flexibility index (Phi) is 2.56. The van der Waals surface area contributed by atoms with Gasteiger partial charge in [0.15, 0.2) is 5.13 Å². The van der Waals surface area contributed by atoms with Crippen molar-refractivity contribution < 1.29 is 4.79 Å². The fourth-order valence-electron chi connectivity index (χ4n) is 1.71. The summed E-state index contributed by atoms with van der Waals surface area (Å²) in [5.74, 6) is -0.168. The Hall–Kier alpha value is -2.21. The quantitative estimate of drug-likeness (QED) is 0.767. The molecule has 0 atom stereocenters. The van der Waals surface area contributed by atoms with Crippen LogP contribution in [0.4, 0.5) is 5.13 Å². The van der Waals surface area contributed by atoms with Gasteiger partial charge in [0.25, 0.3) is 5.91 Å². The van der Waals surface area contributed by atoms with Crippen molar-refractivity contribution in [1.29, 1.82) is 0 Å². The molecule has 0 aromatic carbocycles. The van der Waals surface area contributed by atoms with Gasteiger partial charge in [-0.1, -0.05) is 0 Å². The molecule has 0 unspecified atom stereocenters. The second-order valence-electron chi connectivity index (χ2n) is 3.86. The van der Waals surface area contributed by atoms with Gasteiger partial charge in [-0.3, -0.25) is 10.1 Å². The maximum Gasteiger partial charge on any atom is 0.258 e. The summed E-state index contributed by atoms with van der Waals surface area (Å²) in [5, 5.41) is 5.16. The first-order valence-corrected chi connectivity index (χ1v) is 6.26. The zero-order valence-electron chi connectivity index (χ0n) is 9.62. The molecule has 0 saturated carbocycles. The third-order valence-electron chi connectivity index (χ3n) is 2.49. The van der Waals surface area contributed by atoms with E-state index in [1.165, 1.54) is 11.3 Å². The zero-order chi connectivity index (χ0) is 12.5. The largest absolute Gasteiger partial charge is 0.306 e. The van der Waals surface area contributed by atoms with Gasteiger partial charge in [0.2, 0.25) is 0 Å². The number of aromatic nitrogens is 3. The van der Waals surface area contributed by atoms with Gasteiger partial charge in [-0.15, -0.1) is 11.3 Å². The van der Waals surface area contributed by atoms with Crippen molar-refractivity contribution in [2.45, 2.75) is 6.92 Å². The van der Waals surface area contributed by atoms with Crippen molar-refractivity contribution >= 4 is 28.0 Å². The van der Waals surface area contributed by atoms with Gasteiger partial charge >= 0.3 is 0 Å². The van der Waals surface area contributed by atoms with Crippen LogP contribution in [0.5, 0.6) is 0 Å². The Morgan fingerprint density at radius 2 is 2.28 bits per heavy atom. The molecule has 3 aromatic heterocycles. The number of rotatable bonds is 2. The average molecular weight is 258 g/mol. The highest BCUT2D eigenvalue weighted by Gasteiger charge is 2.08. The van der Waals surface area contributed by atoms with E-state index in [2.05, 4.69) is 15.3 Å². The molecule has 5 nitrogen and oxygen atoms in total. The van der Waals surface area contributed by atoms with E-state index in [1.807, 2.05) is 29.0 Å². The van der Waals surface area contributed by atoms with Crippen molar-refractivity contribution in [2.24, 2.45) is 0 Å². The Morgan fingerprint density at radius 3 is 3.06 bits per heavy atom. The van der Waals surface area contributed by atoms with Crippen molar-refractivity contribution in [3.8, 4) is 0 Å². The first kappa shape index (κ1) is 10.9. The molecule has 3 rings (SSSR count). The molecule has 0 aliphatic carbocycles. The summed E-state index contributed by atoms with van der Waals surface area (Å²) in [5.41, 5.74) is 2.33. The first-order valence-electron chi connectivity index (χ1n) is 5.38. The van der Waals surface area contributed by atoms with Gasteiger partial charge in [-0.05, 0) is 19.1 Å². The number of carbonyl (C=O) groups is 1. The Labute approximate surface area is 107 Å². The molecule has 90 valence electrons. The van der Waals surface area contributed by atoms with E-state index in [0.717, 1.165) is 11.3 Å². The summed E-state index contributed by atoms with van der Waals surface area (Å²) in [4.78, 5) is 20.3. The summed E-state index contributed by atoms with van der Waals surface area (Å²) >= 11 is 1.39. The van der Waals surface area contributed by atoms with E-state index in [0.29, 0.717) is 10.7 Å². The number of anilines is 1. The normalized spacial score (nSPS) is 10.7. The minimum absolute atomic E-state index is 0.168. The highest BCUT2D eigenvalue weighted by molar-refractivity contribution is 7.13. The maximum atomic E-state index is 12.0. The molecule has 0 spiro atoms. The SMILES string of the molecule is Cc1cn2cc(C(=O)Nc3nccs3)ccc2n1. The Bertz CT molecular complexity index is 702. The van der Waals surface area contributed by atoms with Gasteiger partial charge in [-0.2, -0.15) is 0 Å². The lowest BCUT2D eigenvalue weighted by Gasteiger charge is -2.02. The van der Waals surface area contributed by atoms with Crippen LogP contribution in [0.25, 0.3) is 5.65 Å². The van der Waals surface area contributed by atoms with Gasteiger partial charge in [0, 0.05) is 24.0 Å². The molecule has 0 fully saturated rings. The molecule has 6 heteroatoms. The minimum Gasteiger partial charge on any atom is -0.306 e. The monoisotopic (exact) mass is 258 g/mol. The van der Waals surface area contributed by atoms with Crippen LogP contribution in [-0.2, 0) is 0 Å². The predicted octanol–water partition coefficient (Wildman–Crippen LogP) is 2.35. The van der Waals surface area contributed by atoms with Crippen molar-refractivity contribution in [3.63, 3.8) is 0 Å². The first-order chi connectivity index (χ1) is 8.72. The molecule has 18 heavy (non-hydrogen) atoms. The fraction of sp³-hybridized carbons (Fsp3) is 0.0833. The molecule has 0 saturated heterocycles. The molecule has 0 aliphatic rings. The highest BCUT2D eigenvalue weighted by Crippen LogP contribution is 2.13. The van der Waals surface area contributed by atoms with E-state index >= 15 is 0 Å². The van der Waals surface area contributed by atoms with Crippen molar-refractivity contribution in [2.75, 3.05) is 5.32 Å². The van der Waals surface area contributed by atoms with Gasteiger partial charge in [0.05, 0.1) is 11.3 Å². The van der Waals surface area contributed by atoms with Crippen LogP contribution in [0.2, 0.25) is 0 Å². The van der Waals surface area contributed by atoms with E-state index in [1.54, 1.807) is 18.5 Å². The van der Waals surface area contributed by atoms with E-state index < -0.39 is 0 Å². The Morgan fingerprint density at radius 1 is 1.39 bits per heavy atom. The summed E-state index contributed by atoms with van der Waals surface area (Å²) in [6.45, 7) is 1.92. The number of nitrogens with one attached hydrogen (secondary N) is 1. The number of imidazole rings is 1. The summed E-state index contributed by atoms with van der Waals surface area (Å²) in [7, 11) is 0. The van der Waals surface area contributed by atoms with Crippen molar-refractivity contribution in [1.82, 2.24) is 14.4 Å². The van der Waals surface area contributed by atoms with Crippen LogP contribution in [-0.4, -0.2) is 20.3 Å². The van der Waals surface area contributed by atoms with Crippen LogP contribution in [0.3, 0.4) is 0 Å². The molecule has 0 radical (unpaired) electrons. The highest BCUT2D eigenvalue weighted by atomic mass is 32.1. The van der Waals surface area contributed by atoms with Gasteiger partial charge < -0.3 is 4.40 Å². The molecule has 0 bridgehead atoms. The second kappa shape index (κ2) is 4.23. The van der Waals surface area contributed by atoms with Crippen LogP contribution < -0.4 is 5.32 Å². The molecule has 3 aromatic rings. The number of hydrogen-bond acceptors (Lipinski definition) is 4. The average Bonchev–Trinajstić information content (AvgIpc) is 2.95. The number of carbonyl (C=O) groups excluding carboxylic acids is 1. The standard InChI is InChI=1S/C12H10N4OS/c1-8-6-16-7-9(2-3-10(16)14-8)11(17)15-12-13-4-5-18-12/h2-7H,1H3,(H,13,15,17). The van der Waals surface area contributed by atoms with Crippen LogP contribution in [0.15, 0.2) is 36.1 Å². The van der Waals surface area contributed by atoms with Crippen LogP contribution in [0, 0.1) is 6.92 Å². The van der Waals surface area contributed by atoms with Crippen LogP contribution in [0.1, 0.15) is 16.1 Å². The lowest BCUT2D eigenvalue weighted by Crippen LogP contribution is -2.12. The molecule has 0 aliphatic heterocycles. The zero-order valence-corrected chi connectivity index (χ0v) is 10.4. The minimum atomic E-state index is -0.168. The number of pyridine rings is 1. The van der Waals surface area contributed by atoms with Gasteiger partial charge in [-0.25, -0.2) is 9.97 Å². The van der Waals surface area contributed by atoms with E-state index in [-0.39, 0.29) is 5.91 Å². The lowest BCUT2D eigenvalue weighted by atomic mass is 10.2. The molecule has 3 heterocycles. The number of aryl methyl sites for hydroxylation is 1. The predicted molar refractivity (Wildman–Crippen MR) is 70.0 cm³/mol. The lowest BCUT2D eigenvalue weighted by molar-refractivity contribution is 0.102. The smallest absolute Gasteiger partial charge is 0.258 e. The number of hydrogen-bond donors (Lipinski definition) is 1. The summed E-state index contributed by atoms with van der Waals surface area (Å²) < 4.78 is 1.84. The topological polar surface area (TPSA) is 59.3 Å². The van der Waals surface area contributed by atoms with E-state index in [9.17, 15) is 4.79 Å². The van der Waals surface area contributed by atoms with E-state index in [4.69, 9.17) is 0 Å². The second-order valence-corrected chi connectivity index (χ2v) is 4.75. The number of thiazole rings is 1. The maximum absolute atomic E-state index is 12.0. The number of fused-ring (bicyclic) bond motifs is 1. The molecular formula is C12H10N4OS. The molecular weight excluding hydrogens is 248 g/mol. The summed E-state index contributed by atoms with van der Waals surface area (Å²) in [6.07, 6.45) is 5.30. The van der Waals surface area contributed by atoms with Crippen LogP contribution >= 0.6 is 11.3 Å². The fourth-order valence-corrected chi connectivity index (χ4v) is 2.23.